The minimum absolute atomic E-state index is 0.137. The molecule has 0 spiro atoms. The van der Waals surface area contributed by atoms with Gasteiger partial charge in [-0.3, -0.25) is 4.79 Å². The lowest BCUT2D eigenvalue weighted by Crippen LogP contribution is -2.36. The van der Waals surface area contributed by atoms with Gasteiger partial charge in [0.25, 0.3) is 0 Å². The average molecular weight is 324 g/mol. The SMILES string of the molecule is CC(=O)c1ccc(Br)cc1N(C)C1CCCC(C)C1. The lowest BCUT2D eigenvalue weighted by molar-refractivity contribution is 0.101. The first kappa shape index (κ1) is 14.6. The van der Waals surface area contributed by atoms with Crippen molar-refractivity contribution in [2.45, 2.75) is 45.6 Å². The summed E-state index contributed by atoms with van der Waals surface area (Å²) in [5.74, 6) is 0.923. The van der Waals surface area contributed by atoms with Gasteiger partial charge in [0.1, 0.15) is 0 Å². The molecule has 1 aromatic carbocycles. The minimum atomic E-state index is 0.137. The number of Topliss-reactive ketones (excluding diaryl/α,β-unsaturated/α-hetero) is 1. The van der Waals surface area contributed by atoms with Gasteiger partial charge in [-0.25, -0.2) is 0 Å². The van der Waals surface area contributed by atoms with Gasteiger partial charge in [0, 0.05) is 28.8 Å². The molecule has 0 heterocycles. The Morgan fingerprint density at radius 3 is 2.74 bits per heavy atom. The van der Waals surface area contributed by atoms with Crippen molar-refractivity contribution in [2.24, 2.45) is 5.92 Å². The van der Waals surface area contributed by atoms with Crippen LogP contribution in [0.5, 0.6) is 0 Å². The second-order valence-electron chi connectivity index (χ2n) is 5.75. The molecule has 1 aliphatic carbocycles. The Balaban J connectivity index is 2.29. The third-order valence-electron chi connectivity index (χ3n) is 4.18. The van der Waals surface area contributed by atoms with Crippen molar-refractivity contribution in [1.82, 2.24) is 0 Å². The van der Waals surface area contributed by atoms with Crippen molar-refractivity contribution in [3.05, 3.63) is 28.2 Å². The lowest BCUT2D eigenvalue weighted by Gasteiger charge is -2.36. The highest BCUT2D eigenvalue weighted by atomic mass is 79.9. The molecule has 0 aliphatic heterocycles. The Labute approximate surface area is 124 Å². The molecule has 0 saturated heterocycles. The van der Waals surface area contributed by atoms with E-state index in [9.17, 15) is 4.79 Å². The van der Waals surface area contributed by atoms with Crippen LogP contribution in [-0.4, -0.2) is 18.9 Å². The van der Waals surface area contributed by atoms with Gasteiger partial charge >= 0.3 is 0 Å². The molecule has 0 radical (unpaired) electrons. The van der Waals surface area contributed by atoms with Gasteiger partial charge in [-0.2, -0.15) is 0 Å². The fourth-order valence-corrected chi connectivity index (χ4v) is 3.39. The number of rotatable bonds is 3. The van der Waals surface area contributed by atoms with Crippen LogP contribution in [-0.2, 0) is 0 Å². The Bertz CT molecular complexity index is 472. The van der Waals surface area contributed by atoms with Crippen molar-refractivity contribution >= 4 is 27.4 Å². The first-order valence-electron chi connectivity index (χ1n) is 7.02. The Hall–Kier alpha value is -0.830. The summed E-state index contributed by atoms with van der Waals surface area (Å²) in [7, 11) is 2.12. The molecule has 1 aromatic rings. The predicted molar refractivity (Wildman–Crippen MR) is 84.0 cm³/mol. The molecule has 3 heteroatoms. The minimum Gasteiger partial charge on any atom is -0.371 e. The van der Waals surface area contributed by atoms with E-state index >= 15 is 0 Å². The molecule has 19 heavy (non-hydrogen) atoms. The van der Waals surface area contributed by atoms with Crippen LogP contribution in [0, 0.1) is 5.92 Å². The highest BCUT2D eigenvalue weighted by Gasteiger charge is 2.24. The number of nitrogens with zero attached hydrogens (tertiary/aromatic N) is 1. The van der Waals surface area contributed by atoms with E-state index in [1.54, 1.807) is 6.92 Å². The Kier molecular flexibility index (Phi) is 4.67. The zero-order valence-electron chi connectivity index (χ0n) is 11.9. The smallest absolute Gasteiger partial charge is 0.161 e. The zero-order chi connectivity index (χ0) is 14.0. The molecule has 0 aromatic heterocycles. The van der Waals surface area contributed by atoms with Gasteiger partial charge in [0.05, 0.1) is 0 Å². The highest BCUT2D eigenvalue weighted by Crippen LogP contribution is 2.32. The van der Waals surface area contributed by atoms with Crippen LogP contribution in [0.1, 0.15) is 49.9 Å². The molecule has 0 N–H and O–H groups in total. The quantitative estimate of drug-likeness (QED) is 0.753. The molecule has 1 fully saturated rings. The molecule has 2 atom stereocenters. The van der Waals surface area contributed by atoms with E-state index in [4.69, 9.17) is 0 Å². The van der Waals surface area contributed by atoms with Gasteiger partial charge in [0.2, 0.25) is 0 Å². The summed E-state index contributed by atoms with van der Waals surface area (Å²) < 4.78 is 1.03. The lowest BCUT2D eigenvalue weighted by atomic mass is 9.86. The topological polar surface area (TPSA) is 20.3 Å². The summed E-state index contributed by atoms with van der Waals surface area (Å²) in [6.45, 7) is 3.97. The Morgan fingerprint density at radius 1 is 1.37 bits per heavy atom. The third-order valence-corrected chi connectivity index (χ3v) is 4.67. The molecule has 1 saturated carbocycles. The summed E-state index contributed by atoms with van der Waals surface area (Å²) in [6, 6.07) is 6.48. The number of halogens is 1. The normalized spacial score (nSPS) is 23.2. The van der Waals surface area contributed by atoms with Crippen LogP contribution in [0.3, 0.4) is 0 Å². The standard InChI is InChI=1S/C16H22BrNO/c1-11-5-4-6-14(9-11)18(3)16-10-13(17)7-8-15(16)12(2)19/h7-8,10-11,14H,4-6,9H2,1-3H3. The van der Waals surface area contributed by atoms with E-state index in [-0.39, 0.29) is 5.78 Å². The maximum atomic E-state index is 11.8. The summed E-state index contributed by atoms with van der Waals surface area (Å²) in [4.78, 5) is 14.1. The number of ketones is 1. The second-order valence-corrected chi connectivity index (χ2v) is 6.67. The van der Waals surface area contributed by atoms with E-state index in [1.807, 2.05) is 12.1 Å². The van der Waals surface area contributed by atoms with Crippen LogP contribution in [0.2, 0.25) is 0 Å². The number of benzene rings is 1. The number of hydrogen-bond donors (Lipinski definition) is 0. The second kappa shape index (κ2) is 6.08. The van der Waals surface area contributed by atoms with E-state index in [0.29, 0.717) is 6.04 Å². The molecule has 1 aliphatic rings. The van der Waals surface area contributed by atoms with E-state index in [2.05, 4.69) is 40.9 Å². The first-order valence-corrected chi connectivity index (χ1v) is 7.81. The average Bonchev–Trinajstić information content (AvgIpc) is 2.37. The van der Waals surface area contributed by atoms with Crippen LogP contribution in [0.25, 0.3) is 0 Å². The van der Waals surface area contributed by atoms with E-state index in [1.165, 1.54) is 25.7 Å². The third kappa shape index (κ3) is 3.38. The summed E-state index contributed by atoms with van der Waals surface area (Å²) in [5.41, 5.74) is 1.88. The Morgan fingerprint density at radius 2 is 2.11 bits per heavy atom. The number of anilines is 1. The monoisotopic (exact) mass is 323 g/mol. The van der Waals surface area contributed by atoms with Crippen molar-refractivity contribution in [3.63, 3.8) is 0 Å². The van der Waals surface area contributed by atoms with Crippen LogP contribution in [0.4, 0.5) is 5.69 Å². The zero-order valence-corrected chi connectivity index (χ0v) is 13.5. The molecule has 2 rings (SSSR count). The number of carbonyl (C=O) groups excluding carboxylic acids is 1. The fraction of sp³-hybridized carbons (Fsp3) is 0.562. The van der Waals surface area contributed by atoms with Gasteiger partial charge in [0.15, 0.2) is 5.78 Å². The van der Waals surface area contributed by atoms with Crippen LogP contribution < -0.4 is 4.90 Å². The number of hydrogen-bond acceptors (Lipinski definition) is 2. The summed E-state index contributed by atoms with van der Waals surface area (Å²) in [6.07, 6.45) is 5.08. The highest BCUT2D eigenvalue weighted by molar-refractivity contribution is 9.10. The molecule has 2 unspecified atom stereocenters. The van der Waals surface area contributed by atoms with Crippen molar-refractivity contribution in [3.8, 4) is 0 Å². The molecule has 104 valence electrons. The van der Waals surface area contributed by atoms with Crippen LogP contribution >= 0.6 is 15.9 Å². The van der Waals surface area contributed by atoms with Crippen molar-refractivity contribution in [2.75, 3.05) is 11.9 Å². The molecular formula is C16H22BrNO. The van der Waals surface area contributed by atoms with Crippen LogP contribution in [0.15, 0.2) is 22.7 Å². The van der Waals surface area contributed by atoms with Gasteiger partial charge in [-0.05, 0) is 43.9 Å². The molecule has 0 bridgehead atoms. The number of carbonyl (C=O) groups is 1. The van der Waals surface area contributed by atoms with Crippen molar-refractivity contribution in [1.29, 1.82) is 0 Å². The first-order chi connectivity index (χ1) is 8.99. The maximum absolute atomic E-state index is 11.8. The summed E-state index contributed by atoms with van der Waals surface area (Å²) in [5, 5.41) is 0. The summed E-state index contributed by atoms with van der Waals surface area (Å²) >= 11 is 3.51. The van der Waals surface area contributed by atoms with E-state index in [0.717, 1.165) is 21.6 Å². The van der Waals surface area contributed by atoms with Crippen molar-refractivity contribution < 1.29 is 4.79 Å². The van der Waals surface area contributed by atoms with Gasteiger partial charge in [-0.1, -0.05) is 35.7 Å². The molecule has 0 amide bonds. The van der Waals surface area contributed by atoms with Gasteiger partial charge < -0.3 is 4.90 Å². The molecular weight excluding hydrogens is 302 g/mol. The van der Waals surface area contributed by atoms with E-state index < -0.39 is 0 Å². The maximum Gasteiger partial charge on any atom is 0.161 e. The molecule has 2 nitrogen and oxygen atoms in total. The fourth-order valence-electron chi connectivity index (χ4n) is 3.04. The largest absolute Gasteiger partial charge is 0.371 e. The predicted octanol–water partition coefficient (Wildman–Crippen LogP) is 4.67. The van der Waals surface area contributed by atoms with Gasteiger partial charge in [-0.15, -0.1) is 0 Å².